The van der Waals surface area contributed by atoms with Gasteiger partial charge >= 0.3 is 0 Å². The summed E-state index contributed by atoms with van der Waals surface area (Å²) >= 11 is 0. The molecule has 0 aliphatic rings. The van der Waals surface area contributed by atoms with Crippen molar-refractivity contribution in [3.63, 3.8) is 0 Å². The first-order chi connectivity index (χ1) is 12.7. The highest BCUT2D eigenvalue weighted by Crippen LogP contribution is 2.23. The second-order valence-electron chi connectivity index (χ2n) is 6.10. The highest BCUT2D eigenvalue weighted by Gasteiger charge is 2.11. The molecule has 130 valence electrons. The third kappa shape index (κ3) is 3.44. The van der Waals surface area contributed by atoms with Crippen molar-refractivity contribution in [3.8, 4) is 5.75 Å². The molecule has 1 amide bonds. The molecule has 2 aromatic heterocycles. The van der Waals surface area contributed by atoms with E-state index in [9.17, 15) is 4.79 Å². The number of aromatic amines is 2. The van der Waals surface area contributed by atoms with Crippen LogP contribution in [0.5, 0.6) is 5.75 Å². The zero-order valence-electron chi connectivity index (χ0n) is 14.2. The minimum atomic E-state index is -0.237. The van der Waals surface area contributed by atoms with E-state index in [4.69, 9.17) is 4.74 Å². The molecule has 0 unspecified atom stereocenters. The molecule has 2 aromatic carbocycles. The highest BCUT2D eigenvalue weighted by atomic mass is 16.5. The van der Waals surface area contributed by atoms with Gasteiger partial charge in [-0.2, -0.15) is 5.10 Å². The van der Waals surface area contributed by atoms with Crippen LogP contribution in [-0.4, -0.2) is 21.1 Å². The first-order valence-corrected chi connectivity index (χ1v) is 8.30. The number of nitrogens with one attached hydrogen (secondary N) is 3. The Bertz CT molecular complexity index is 1050. The number of carbonyl (C=O) groups is 1. The van der Waals surface area contributed by atoms with Gasteiger partial charge in [0, 0.05) is 28.7 Å². The Hall–Kier alpha value is -3.54. The Morgan fingerprint density at radius 1 is 1.12 bits per heavy atom. The lowest BCUT2D eigenvalue weighted by Crippen LogP contribution is -2.12. The number of benzene rings is 2. The lowest BCUT2D eigenvalue weighted by atomic mass is 10.2. The van der Waals surface area contributed by atoms with Crippen molar-refractivity contribution in [2.75, 3.05) is 5.32 Å². The SMILES string of the molecule is Cc1cc(NC(=O)c2cc3ccc(OCc4ccccc4)cc3[nH]2)n[nH]1. The fourth-order valence-electron chi connectivity index (χ4n) is 2.72. The lowest BCUT2D eigenvalue weighted by molar-refractivity contribution is 0.102. The van der Waals surface area contributed by atoms with Crippen LogP contribution in [0.2, 0.25) is 0 Å². The summed E-state index contributed by atoms with van der Waals surface area (Å²) in [6.07, 6.45) is 0. The molecule has 26 heavy (non-hydrogen) atoms. The van der Waals surface area contributed by atoms with Gasteiger partial charge in [-0.3, -0.25) is 9.89 Å². The summed E-state index contributed by atoms with van der Waals surface area (Å²) in [6.45, 7) is 2.38. The fraction of sp³-hybridized carbons (Fsp3) is 0.100. The number of hydrogen-bond donors (Lipinski definition) is 3. The molecular formula is C20H18N4O2. The van der Waals surface area contributed by atoms with Crippen molar-refractivity contribution in [1.82, 2.24) is 15.2 Å². The van der Waals surface area contributed by atoms with Gasteiger partial charge < -0.3 is 15.0 Å². The van der Waals surface area contributed by atoms with Crippen LogP contribution in [0, 0.1) is 6.92 Å². The van der Waals surface area contributed by atoms with Gasteiger partial charge in [0.25, 0.3) is 5.91 Å². The van der Waals surface area contributed by atoms with Gasteiger partial charge in [-0.05, 0) is 30.7 Å². The molecular weight excluding hydrogens is 328 g/mol. The lowest BCUT2D eigenvalue weighted by Gasteiger charge is -2.06. The third-order valence-electron chi connectivity index (χ3n) is 4.03. The van der Waals surface area contributed by atoms with Crippen LogP contribution < -0.4 is 10.1 Å². The number of carbonyl (C=O) groups excluding carboxylic acids is 1. The molecule has 0 saturated heterocycles. The maximum Gasteiger partial charge on any atom is 0.273 e. The molecule has 0 bridgehead atoms. The van der Waals surface area contributed by atoms with Gasteiger partial charge in [-0.25, -0.2) is 0 Å². The quantitative estimate of drug-likeness (QED) is 0.510. The molecule has 0 saturated carbocycles. The van der Waals surface area contributed by atoms with Crippen LogP contribution in [0.1, 0.15) is 21.7 Å². The van der Waals surface area contributed by atoms with Gasteiger partial charge in [-0.1, -0.05) is 30.3 Å². The molecule has 0 fully saturated rings. The van der Waals surface area contributed by atoms with Gasteiger partial charge in [0.15, 0.2) is 5.82 Å². The predicted octanol–water partition coefficient (Wildman–Crippen LogP) is 4.03. The molecule has 2 heterocycles. The van der Waals surface area contributed by atoms with Crippen molar-refractivity contribution >= 4 is 22.6 Å². The molecule has 0 atom stereocenters. The van der Waals surface area contributed by atoms with Crippen LogP contribution in [-0.2, 0) is 6.61 Å². The molecule has 6 nitrogen and oxygen atoms in total. The predicted molar refractivity (Wildman–Crippen MR) is 100 cm³/mol. The summed E-state index contributed by atoms with van der Waals surface area (Å²) in [7, 11) is 0. The van der Waals surface area contributed by atoms with Gasteiger partial charge in [0.05, 0.1) is 0 Å². The minimum Gasteiger partial charge on any atom is -0.489 e. The zero-order chi connectivity index (χ0) is 17.9. The number of H-pyrrole nitrogens is 2. The van der Waals surface area contributed by atoms with E-state index in [0.717, 1.165) is 27.9 Å². The first kappa shape index (κ1) is 16.0. The molecule has 4 rings (SSSR count). The molecule has 0 radical (unpaired) electrons. The number of aryl methyl sites for hydroxylation is 1. The summed E-state index contributed by atoms with van der Waals surface area (Å²) in [6, 6.07) is 19.3. The second-order valence-corrected chi connectivity index (χ2v) is 6.10. The van der Waals surface area contributed by atoms with Gasteiger partial charge in [0.2, 0.25) is 0 Å². The smallest absolute Gasteiger partial charge is 0.273 e. The van der Waals surface area contributed by atoms with E-state index in [1.54, 1.807) is 6.07 Å². The third-order valence-corrected chi connectivity index (χ3v) is 4.03. The van der Waals surface area contributed by atoms with E-state index < -0.39 is 0 Å². The number of fused-ring (bicyclic) bond motifs is 1. The molecule has 0 aliphatic carbocycles. The molecule has 0 spiro atoms. The normalized spacial score (nSPS) is 10.8. The summed E-state index contributed by atoms with van der Waals surface area (Å²) in [4.78, 5) is 15.5. The maximum atomic E-state index is 12.4. The van der Waals surface area contributed by atoms with E-state index >= 15 is 0 Å². The van der Waals surface area contributed by atoms with Crippen molar-refractivity contribution in [2.24, 2.45) is 0 Å². The summed E-state index contributed by atoms with van der Waals surface area (Å²) < 4.78 is 5.83. The Morgan fingerprint density at radius 3 is 2.73 bits per heavy atom. The Morgan fingerprint density at radius 2 is 1.96 bits per heavy atom. The average Bonchev–Trinajstić information content (AvgIpc) is 3.26. The minimum absolute atomic E-state index is 0.237. The van der Waals surface area contributed by atoms with E-state index in [1.165, 1.54) is 0 Å². The Labute approximate surface area is 150 Å². The van der Waals surface area contributed by atoms with E-state index in [2.05, 4.69) is 20.5 Å². The summed E-state index contributed by atoms with van der Waals surface area (Å²) in [5.74, 6) is 1.01. The van der Waals surface area contributed by atoms with Crippen molar-refractivity contribution in [2.45, 2.75) is 13.5 Å². The number of nitrogens with zero attached hydrogens (tertiary/aromatic N) is 1. The molecule has 3 N–H and O–H groups in total. The average molecular weight is 346 g/mol. The maximum absolute atomic E-state index is 12.4. The van der Waals surface area contributed by atoms with E-state index in [0.29, 0.717) is 18.1 Å². The van der Waals surface area contributed by atoms with E-state index in [-0.39, 0.29) is 5.91 Å². The number of anilines is 1. The molecule has 6 heteroatoms. The van der Waals surface area contributed by atoms with Crippen LogP contribution >= 0.6 is 0 Å². The number of rotatable bonds is 5. The summed E-state index contributed by atoms with van der Waals surface area (Å²) in [5.41, 5.74) is 3.31. The van der Waals surface area contributed by atoms with Crippen LogP contribution in [0.4, 0.5) is 5.82 Å². The highest BCUT2D eigenvalue weighted by molar-refractivity contribution is 6.05. The largest absolute Gasteiger partial charge is 0.489 e. The van der Waals surface area contributed by atoms with Crippen molar-refractivity contribution in [1.29, 1.82) is 0 Å². The van der Waals surface area contributed by atoms with Crippen LogP contribution in [0.3, 0.4) is 0 Å². The van der Waals surface area contributed by atoms with Crippen LogP contribution in [0.15, 0.2) is 60.7 Å². The summed E-state index contributed by atoms with van der Waals surface area (Å²) in [5, 5.41) is 10.5. The standard InChI is InChI=1S/C20H18N4O2/c1-13-9-19(24-23-13)22-20(25)18-10-15-7-8-16(11-17(15)21-18)26-12-14-5-3-2-4-6-14/h2-11,21H,12H2,1H3,(H2,22,23,24,25). The van der Waals surface area contributed by atoms with E-state index in [1.807, 2.05) is 61.5 Å². The Balaban J connectivity index is 1.49. The van der Waals surface area contributed by atoms with Gasteiger partial charge in [0.1, 0.15) is 18.1 Å². The zero-order valence-corrected chi connectivity index (χ0v) is 14.2. The van der Waals surface area contributed by atoms with Crippen LogP contribution in [0.25, 0.3) is 10.9 Å². The monoisotopic (exact) mass is 346 g/mol. The fourth-order valence-corrected chi connectivity index (χ4v) is 2.72. The van der Waals surface area contributed by atoms with Crippen molar-refractivity contribution in [3.05, 3.63) is 77.6 Å². The van der Waals surface area contributed by atoms with Crippen molar-refractivity contribution < 1.29 is 9.53 Å². The topological polar surface area (TPSA) is 82.8 Å². The number of ether oxygens (including phenoxy) is 1. The van der Waals surface area contributed by atoms with Gasteiger partial charge in [-0.15, -0.1) is 0 Å². The molecule has 4 aromatic rings. The molecule has 0 aliphatic heterocycles. The first-order valence-electron chi connectivity index (χ1n) is 8.30. The number of aromatic nitrogens is 3. The number of amides is 1. The Kier molecular flexibility index (Phi) is 4.15. The number of hydrogen-bond acceptors (Lipinski definition) is 3. The second kappa shape index (κ2) is 6.76.